The number of nitrogens with zero attached hydrogens (tertiary/aromatic N) is 3. The number of nitrogens with one attached hydrogen (secondary N) is 1. The molecule has 2 saturated heterocycles. The van der Waals surface area contributed by atoms with E-state index in [4.69, 9.17) is 11.6 Å². The molecule has 1 N–H and O–H groups in total. The molecule has 6 rings (SSSR count). The zero-order valence-electron chi connectivity index (χ0n) is 22.3. The number of amides is 1. The maximum absolute atomic E-state index is 13.5. The summed E-state index contributed by atoms with van der Waals surface area (Å²) in [6, 6.07) is 16.8. The van der Waals surface area contributed by atoms with Crippen LogP contribution in [0.5, 0.6) is 0 Å². The van der Waals surface area contributed by atoms with Crippen LogP contribution in [0, 0.1) is 5.92 Å². The Kier molecular flexibility index (Phi) is 7.35. The monoisotopic (exact) mass is 580 g/mol. The minimum atomic E-state index is -3.94. The van der Waals surface area contributed by atoms with Crippen LogP contribution in [0.25, 0.3) is 0 Å². The Morgan fingerprint density at radius 2 is 1.65 bits per heavy atom. The van der Waals surface area contributed by atoms with Crippen LogP contribution in [0.3, 0.4) is 0 Å². The van der Waals surface area contributed by atoms with Gasteiger partial charge in [-0.15, -0.1) is 0 Å². The molecule has 8 nitrogen and oxygen atoms in total. The lowest BCUT2D eigenvalue weighted by Crippen LogP contribution is -2.47. The van der Waals surface area contributed by atoms with Crippen LogP contribution in [0.1, 0.15) is 54.1 Å². The zero-order chi connectivity index (χ0) is 27.9. The first-order chi connectivity index (χ1) is 19.3. The first-order valence-electron chi connectivity index (χ1n) is 13.9. The Balaban J connectivity index is 1.36. The van der Waals surface area contributed by atoms with Crippen molar-refractivity contribution in [3.63, 3.8) is 0 Å². The van der Waals surface area contributed by atoms with Gasteiger partial charge in [0.05, 0.1) is 16.3 Å². The van der Waals surface area contributed by atoms with E-state index in [1.54, 1.807) is 24.3 Å². The van der Waals surface area contributed by atoms with Gasteiger partial charge in [0.1, 0.15) is 0 Å². The van der Waals surface area contributed by atoms with Gasteiger partial charge in [0.25, 0.3) is 21.5 Å². The summed E-state index contributed by atoms with van der Waals surface area (Å²) >= 11 is 6.00. The number of hydrogen-bond acceptors (Lipinski definition) is 5. The topological polar surface area (TPSA) is 91.7 Å². The van der Waals surface area contributed by atoms with Crippen molar-refractivity contribution in [2.45, 2.75) is 49.5 Å². The van der Waals surface area contributed by atoms with E-state index >= 15 is 0 Å². The second-order valence-electron chi connectivity index (χ2n) is 11.1. The highest BCUT2D eigenvalue weighted by molar-refractivity contribution is 7.92. The lowest BCUT2D eigenvalue weighted by Gasteiger charge is -2.44. The number of hydrogen-bond donors (Lipinski definition) is 1. The van der Waals surface area contributed by atoms with Crippen molar-refractivity contribution in [1.82, 2.24) is 9.47 Å². The smallest absolute Gasteiger partial charge is 0.261 e. The van der Waals surface area contributed by atoms with Gasteiger partial charge in [-0.3, -0.25) is 14.3 Å². The average molecular weight is 581 g/mol. The molecule has 3 aromatic rings. The number of carbonyl (C=O) groups excluding carboxylic acids is 1. The SMILES string of the molecule is O=C(c1ccc(N2C[C@H]3C[C@@H](C2)c2cccc(=O)n2C3)c(NS(=O)(=O)c2ccc(Cl)cc2)c1)N1CCCCCC1. The van der Waals surface area contributed by atoms with Crippen molar-refractivity contribution < 1.29 is 13.2 Å². The first-order valence-corrected chi connectivity index (χ1v) is 15.8. The molecule has 0 saturated carbocycles. The fourth-order valence-corrected chi connectivity index (χ4v) is 7.58. The third-order valence-electron chi connectivity index (χ3n) is 8.33. The van der Waals surface area contributed by atoms with Gasteiger partial charge in [-0.2, -0.15) is 0 Å². The van der Waals surface area contributed by atoms with Crippen molar-refractivity contribution in [3.8, 4) is 0 Å². The summed E-state index contributed by atoms with van der Waals surface area (Å²) in [5.41, 5.74) is 2.61. The number of anilines is 2. The van der Waals surface area contributed by atoms with Gasteiger partial charge in [-0.05, 0) is 73.7 Å². The van der Waals surface area contributed by atoms with E-state index in [1.165, 1.54) is 12.1 Å². The predicted octanol–water partition coefficient (Wildman–Crippen LogP) is 4.94. The van der Waals surface area contributed by atoms with Gasteiger partial charge in [-0.25, -0.2) is 8.42 Å². The van der Waals surface area contributed by atoms with E-state index in [0.29, 0.717) is 49.0 Å². The molecular formula is C30H33ClN4O4S. The number of benzene rings is 2. The molecular weight excluding hydrogens is 548 g/mol. The van der Waals surface area contributed by atoms with Gasteiger partial charge in [0.2, 0.25) is 0 Å². The molecule has 2 bridgehead atoms. The van der Waals surface area contributed by atoms with E-state index in [2.05, 4.69) is 9.62 Å². The number of rotatable bonds is 5. The van der Waals surface area contributed by atoms with Gasteiger partial charge >= 0.3 is 0 Å². The van der Waals surface area contributed by atoms with Crippen LogP contribution in [-0.2, 0) is 16.6 Å². The van der Waals surface area contributed by atoms with Crippen LogP contribution in [-0.4, -0.2) is 50.0 Å². The number of halogens is 1. The van der Waals surface area contributed by atoms with E-state index in [-0.39, 0.29) is 28.2 Å². The Bertz CT molecular complexity index is 1580. The molecule has 2 fully saturated rings. The summed E-state index contributed by atoms with van der Waals surface area (Å²) in [5, 5.41) is 0.448. The number of pyridine rings is 1. The van der Waals surface area contributed by atoms with E-state index in [9.17, 15) is 18.0 Å². The number of aromatic nitrogens is 1. The van der Waals surface area contributed by atoms with Gasteiger partial charge in [0.15, 0.2) is 0 Å². The lowest BCUT2D eigenvalue weighted by molar-refractivity contribution is 0.0761. The second kappa shape index (κ2) is 10.9. The minimum absolute atomic E-state index is 0.0217. The molecule has 2 atom stereocenters. The van der Waals surface area contributed by atoms with Crippen LogP contribution in [0.15, 0.2) is 70.4 Å². The van der Waals surface area contributed by atoms with Crippen LogP contribution < -0.4 is 15.2 Å². The van der Waals surface area contributed by atoms with Gasteiger partial charge < -0.3 is 14.4 Å². The Labute approximate surface area is 239 Å². The molecule has 1 amide bonds. The molecule has 0 unspecified atom stereocenters. The summed E-state index contributed by atoms with van der Waals surface area (Å²) in [4.78, 5) is 30.1. The maximum atomic E-state index is 13.5. The highest BCUT2D eigenvalue weighted by atomic mass is 35.5. The lowest BCUT2D eigenvalue weighted by atomic mass is 9.83. The molecule has 40 heavy (non-hydrogen) atoms. The molecule has 4 heterocycles. The quantitative estimate of drug-likeness (QED) is 0.461. The van der Waals surface area contributed by atoms with E-state index < -0.39 is 10.0 Å². The standard InChI is InChI=1S/C30H33ClN4O4S/c31-24-9-11-25(12-10-24)40(38,39)32-26-17-22(30(37)33-14-3-1-2-4-15-33)8-13-28(26)34-18-21-16-23(20-34)27-6-5-7-29(36)35(27)19-21/h5-13,17,21,23,32H,1-4,14-16,18-20H2/t21-,23+/m1/s1. The van der Waals surface area contributed by atoms with Crippen LogP contribution >= 0.6 is 11.6 Å². The summed E-state index contributed by atoms with van der Waals surface area (Å²) in [7, 11) is -3.94. The summed E-state index contributed by atoms with van der Waals surface area (Å²) in [5.74, 6) is 0.329. The highest BCUT2D eigenvalue weighted by Crippen LogP contribution is 2.40. The fraction of sp³-hybridized carbons (Fsp3) is 0.400. The largest absolute Gasteiger partial charge is 0.369 e. The summed E-state index contributed by atoms with van der Waals surface area (Å²) in [6.07, 6.45) is 5.15. The number of sulfonamides is 1. The average Bonchev–Trinajstić information content (AvgIpc) is 3.23. The third-order valence-corrected chi connectivity index (χ3v) is 9.96. The fourth-order valence-electron chi connectivity index (χ4n) is 6.39. The van der Waals surface area contributed by atoms with Crippen LogP contribution in [0.2, 0.25) is 5.02 Å². The Morgan fingerprint density at radius 1 is 0.900 bits per heavy atom. The number of piperidine rings is 1. The van der Waals surface area contributed by atoms with Crippen molar-refractivity contribution in [1.29, 1.82) is 0 Å². The van der Waals surface area contributed by atoms with Crippen molar-refractivity contribution in [3.05, 3.63) is 87.3 Å². The zero-order valence-corrected chi connectivity index (χ0v) is 23.8. The van der Waals surface area contributed by atoms with Crippen molar-refractivity contribution in [2.24, 2.45) is 5.92 Å². The number of carbonyl (C=O) groups is 1. The molecule has 0 aliphatic carbocycles. The summed E-state index contributed by atoms with van der Waals surface area (Å²) in [6.45, 7) is 3.39. The highest BCUT2D eigenvalue weighted by Gasteiger charge is 2.35. The number of likely N-dealkylation sites (tertiary alicyclic amines) is 1. The molecule has 3 aliphatic heterocycles. The van der Waals surface area contributed by atoms with Crippen LogP contribution in [0.4, 0.5) is 11.4 Å². The van der Waals surface area contributed by atoms with Gasteiger partial charge in [-0.1, -0.05) is 30.5 Å². The molecule has 2 aromatic carbocycles. The molecule has 3 aliphatic rings. The minimum Gasteiger partial charge on any atom is -0.369 e. The molecule has 0 radical (unpaired) electrons. The van der Waals surface area contributed by atoms with Crippen molar-refractivity contribution >= 4 is 38.9 Å². The summed E-state index contributed by atoms with van der Waals surface area (Å²) < 4.78 is 31.6. The predicted molar refractivity (Wildman–Crippen MR) is 157 cm³/mol. The first kappa shape index (κ1) is 26.9. The Hall–Kier alpha value is -3.30. The second-order valence-corrected chi connectivity index (χ2v) is 13.2. The normalized spacial score (nSPS) is 20.9. The molecule has 1 aromatic heterocycles. The number of fused-ring (bicyclic) bond motifs is 4. The molecule has 0 spiro atoms. The van der Waals surface area contributed by atoms with Gasteiger partial charge in [0, 0.05) is 61.0 Å². The molecule has 10 heteroatoms. The van der Waals surface area contributed by atoms with E-state index in [0.717, 1.165) is 43.5 Å². The molecule has 210 valence electrons. The van der Waals surface area contributed by atoms with E-state index in [1.807, 2.05) is 33.7 Å². The maximum Gasteiger partial charge on any atom is 0.261 e. The Morgan fingerprint density at radius 3 is 2.40 bits per heavy atom. The third kappa shape index (κ3) is 5.37. The van der Waals surface area contributed by atoms with Crippen molar-refractivity contribution in [2.75, 3.05) is 35.8 Å².